The van der Waals surface area contributed by atoms with Crippen LogP contribution in [-0.4, -0.2) is 25.0 Å². The van der Waals surface area contributed by atoms with Crippen molar-refractivity contribution in [1.29, 1.82) is 0 Å². The van der Waals surface area contributed by atoms with E-state index in [2.05, 4.69) is 27.2 Å². The first-order chi connectivity index (χ1) is 8.13. The largest absolute Gasteiger partial charge is 0.246 e. The van der Waals surface area contributed by atoms with Gasteiger partial charge in [-0.1, -0.05) is 23.7 Å². The molecule has 0 aliphatic heterocycles. The minimum absolute atomic E-state index is 0.500. The zero-order valence-corrected chi connectivity index (χ0v) is 10.9. The summed E-state index contributed by atoms with van der Waals surface area (Å²) in [5, 5.41) is 8.26. The van der Waals surface area contributed by atoms with E-state index in [0.29, 0.717) is 5.15 Å². The molecule has 0 atom stereocenters. The van der Waals surface area contributed by atoms with Crippen LogP contribution in [0.4, 0.5) is 0 Å². The highest BCUT2D eigenvalue weighted by atomic mass is 35.5. The zero-order chi connectivity index (χ0) is 12.4. The first-order valence-corrected chi connectivity index (χ1v) is 5.89. The quantitative estimate of drug-likeness (QED) is 0.785. The van der Waals surface area contributed by atoms with Crippen LogP contribution in [0.25, 0.3) is 11.4 Å². The first-order valence-electron chi connectivity index (χ1n) is 5.51. The third kappa shape index (κ3) is 2.29. The van der Waals surface area contributed by atoms with E-state index in [1.807, 2.05) is 14.0 Å². The Morgan fingerprint density at radius 3 is 2.71 bits per heavy atom. The summed E-state index contributed by atoms with van der Waals surface area (Å²) in [6.45, 7) is 3.99. The van der Waals surface area contributed by atoms with Gasteiger partial charge in [0.1, 0.15) is 16.7 Å². The van der Waals surface area contributed by atoms with Crippen molar-refractivity contribution in [1.82, 2.24) is 25.0 Å². The molecular weight excluding hydrogens is 238 g/mol. The summed E-state index contributed by atoms with van der Waals surface area (Å²) in [7, 11) is 1.83. The molecule has 5 nitrogen and oxygen atoms in total. The van der Waals surface area contributed by atoms with Crippen molar-refractivity contribution in [2.75, 3.05) is 0 Å². The second-order valence-electron chi connectivity index (χ2n) is 3.90. The number of nitrogens with zero attached hydrogens (tertiary/aromatic N) is 5. The Hall–Kier alpha value is -1.49. The summed E-state index contributed by atoms with van der Waals surface area (Å²) < 4.78 is 1.68. The minimum atomic E-state index is 0.500. The van der Waals surface area contributed by atoms with Gasteiger partial charge in [-0.2, -0.15) is 0 Å². The fourth-order valence-corrected chi connectivity index (χ4v) is 1.81. The number of aromatic nitrogens is 5. The van der Waals surface area contributed by atoms with E-state index in [0.717, 1.165) is 35.6 Å². The van der Waals surface area contributed by atoms with E-state index in [1.54, 1.807) is 10.9 Å². The third-order valence-corrected chi connectivity index (χ3v) is 2.93. The number of rotatable bonds is 3. The Bertz CT molecular complexity index is 535. The molecule has 0 aliphatic carbocycles. The van der Waals surface area contributed by atoms with E-state index < -0.39 is 0 Å². The smallest absolute Gasteiger partial charge is 0.136 e. The van der Waals surface area contributed by atoms with Crippen LogP contribution >= 0.6 is 11.6 Å². The van der Waals surface area contributed by atoms with Gasteiger partial charge in [-0.05, 0) is 13.3 Å². The van der Waals surface area contributed by atoms with Crippen LogP contribution in [0, 0.1) is 6.92 Å². The highest BCUT2D eigenvalue weighted by Crippen LogP contribution is 2.24. The van der Waals surface area contributed by atoms with Crippen molar-refractivity contribution in [3.63, 3.8) is 0 Å². The molecule has 0 radical (unpaired) electrons. The maximum Gasteiger partial charge on any atom is 0.136 e. The Labute approximate surface area is 105 Å². The summed E-state index contributed by atoms with van der Waals surface area (Å²) in [6, 6.07) is 0. The van der Waals surface area contributed by atoms with Gasteiger partial charge < -0.3 is 0 Å². The standard InChI is InChI=1S/C11H14ClN5/c1-4-5-9-14-10(7(2)11(12)15-9)8-6-13-16-17(8)3/h6H,4-5H2,1-3H3. The average molecular weight is 252 g/mol. The predicted octanol–water partition coefficient (Wildman–Crippen LogP) is 2.19. The molecule has 0 aliphatic rings. The van der Waals surface area contributed by atoms with Crippen molar-refractivity contribution in [3.05, 3.63) is 22.7 Å². The molecule has 0 fully saturated rings. The fraction of sp³-hybridized carbons (Fsp3) is 0.455. The summed E-state index contributed by atoms with van der Waals surface area (Å²) in [5.74, 6) is 0.763. The van der Waals surface area contributed by atoms with Gasteiger partial charge in [0, 0.05) is 19.0 Å². The van der Waals surface area contributed by atoms with Crippen molar-refractivity contribution in [2.24, 2.45) is 7.05 Å². The number of hydrogen-bond acceptors (Lipinski definition) is 4. The summed E-state index contributed by atoms with van der Waals surface area (Å²) >= 11 is 6.12. The summed E-state index contributed by atoms with van der Waals surface area (Å²) in [4.78, 5) is 8.80. The Kier molecular flexibility index (Phi) is 3.38. The maximum absolute atomic E-state index is 6.12. The number of hydrogen-bond donors (Lipinski definition) is 0. The van der Waals surface area contributed by atoms with E-state index in [9.17, 15) is 0 Å². The van der Waals surface area contributed by atoms with Gasteiger partial charge in [0.15, 0.2) is 0 Å². The third-order valence-electron chi connectivity index (χ3n) is 2.56. The molecule has 2 aromatic rings. The Balaban J connectivity index is 2.56. The van der Waals surface area contributed by atoms with Crippen LogP contribution in [0.15, 0.2) is 6.20 Å². The van der Waals surface area contributed by atoms with Gasteiger partial charge in [-0.3, -0.25) is 0 Å². The van der Waals surface area contributed by atoms with E-state index in [1.165, 1.54) is 0 Å². The monoisotopic (exact) mass is 251 g/mol. The lowest BCUT2D eigenvalue weighted by atomic mass is 10.2. The molecule has 0 N–H and O–H groups in total. The van der Waals surface area contributed by atoms with Crippen LogP contribution < -0.4 is 0 Å². The van der Waals surface area contributed by atoms with Crippen molar-refractivity contribution >= 4 is 11.6 Å². The van der Waals surface area contributed by atoms with Crippen LogP contribution in [0.1, 0.15) is 24.7 Å². The van der Waals surface area contributed by atoms with E-state index in [4.69, 9.17) is 11.6 Å². The molecule has 0 saturated carbocycles. The molecule has 0 bridgehead atoms. The van der Waals surface area contributed by atoms with Crippen molar-refractivity contribution in [3.8, 4) is 11.4 Å². The average Bonchev–Trinajstić information content (AvgIpc) is 2.70. The molecule has 2 rings (SSSR count). The molecule has 90 valence electrons. The molecular formula is C11H14ClN5. The highest BCUT2D eigenvalue weighted by Gasteiger charge is 2.14. The van der Waals surface area contributed by atoms with Crippen LogP contribution in [0.3, 0.4) is 0 Å². The molecule has 2 aromatic heterocycles. The SMILES string of the molecule is CCCc1nc(Cl)c(C)c(-c2cnnn2C)n1. The number of aryl methyl sites for hydroxylation is 2. The summed E-state index contributed by atoms with van der Waals surface area (Å²) in [5.41, 5.74) is 2.52. The van der Waals surface area contributed by atoms with Crippen LogP contribution in [-0.2, 0) is 13.5 Å². The van der Waals surface area contributed by atoms with Gasteiger partial charge >= 0.3 is 0 Å². The highest BCUT2D eigenvalue weighted by molar-refractivity contribution is 6.30. The molecule has 6 heteroatoms. The topological polar surface area (TPSA) is 56.5 Å². The van der Waals surface area contributed by atoms with Crippen LogP contribution in [0.5, 0.6) is 0 Å². The second kappa shape index (κ2) is 4.79. The number of halogens is 1. The Morgan fingerprint density at radius 2 is 2.12 bits per heavy atom. The Morgan fingerprint density at radius 1 is 1.35 bits per heavy atom. The zero-order valence-electron chi connectivity index (χ0n) is 10.1. The lowest BCUT2D eigenvalue weighted by molar-refractivity contribution is 0.717. The van der Waals surface area contributed by atoms with Crippen LogP contribution in [0.2, 0.25) is 5.15 Å². The van der Waals surface area contributed by atoms with Gasteiger partial charge in [-0.15, -0.1) is 5.10 Å². The minimum Gasteiger partial charge on any atom is -0.246 e. The first kappa shape index (κ1) is 12.0. The molecule has 17 heavy (non-hydrogen) atoms. The molecule has 0 unspecified atom stereocenters. The molecule has 0 saturated heterocycles. The maximum atomic E-state index is 6.12. The van der Waals surface area contributed by atoms with Gasteiger partial charge in [0.2, 0.25) is 0 Å². The molecule has 0 aromatic carbocycles. The fourth-order valence-electron chi connectivity index (χ4n) is 1.62. The van der Waals surface area contributed by atoms with Gasteiger partial charge in [0.05, 0.1) is 11.9 Å². The van der Waals surface area contributed by atoms with Gasteiger partial charge in [0.25, 0.3) is 0 Å². The molecule has 2 heterocycles. The van der Waals surface area contributed by atoms with Crippen molar-refractivity contribution in [2.45, 2.75) is 26.7 Å². The van der Waals surface area contributed by atoms with Gasteiger partial charge in [-0.25, -0.2) is 14.6 Å². The van der Waals surface area contributed by atoms with E-state index >= 15 is 0 Å². The molecule has 0 amide bonds. The van der Waals surface area contributed by atoms with E-state index in [-0.39, 0.29) is 0 Å². The lowest BCUT2D eigenvalue weighted by Gasteiger charge is -2.08. The lowest BCUT2D eigenvalue weighted by Crippen LogP contribution is -2.03. The second-order valence-corrected chi connectivity index (χ2v) is 4.26. The van der Waals surface area contributed by atoms with Crippen molar-refractivity contribution < 1.29 is 0 Å². The normalized spacial score (nSPS) is 10.8. The molecule has 0 spiro atoms. The summed E-state index contributed by atoms with van der Waals surface area (Å²) in [6.07, 6.45) is 3.49. The predicted molar refractivity (Wildman–Crippen MR) is 65.8 cm³/mol.